The number of nitrogens with one attached hydrogen (secondary N) is 2. The van der Waals surface area contributed by atoms with Crippen LogP contribution in [0, 0.1) is 13.8 Å². The lowest BCUT2D eigenvalue weighted by molar-refractivity contribution is -0.134. The Morgan fingerprint density at radius 3 is 1.19 bits per heavy atom. The van der Waals surface area contributed by atoms with Crippen molar-refractivity contribution in [1.82, 2.24) is 19.2 Å². The van der Waals surface area contributed by atoms with Gasteiger partial charge in [-0.1, -0.05) is 49.2 Å². The summed E-state index contributed by atoms with van der Waals surface area (Å²) >= 11 is 0. The van der Waals surface area contributed by atoms with Gasteiger partial charge in [-0.05, 0) is 51.0 Å². The molecule has 262 valence electrons. The van der Waals surface area contributed by atoms with Crippen LogP contribution < -0.4 is 9.44 Å². The predicted octanol–water partition coefficient (Wildman–Crippen LogP) is 1.84. The molecule has 1 aliphatic rings. The first-order valence-electron chi connectivity index (χ1n) is 15.9. The van der Waals surface area contributed by atoms with Crippen LogP contribution in [0.15, 0.2) is 58.3 Å². The monoisotopic (exact) mass is 696 g/mol. The molecule has 2 aromatic rings. The highest BCUT2D eigenvalue weighted by molar-refractivity contribution is 7.89. The van der Waals surface area contributed by atoms with Crippen LogP contribution in [0.3, 0.4) is 0 Å². The van der Waals surface area contributed by atoms with Crippen LogP contribution in [0.5, 0.6) is 0 Å². The first kappa shape index (κ1) is 38.5. The van der Waals surface area contributed by atoms with Crippen molar-refractivity contribution in [2.75, 3.05) is 65.8 Å². The highest BCUT2D eigenvalue weighted by atomic mass is 32.2. The van der Waals surface area contributed by atoms with Crippen LogP contribution in [-0.2, 0) is 43.8 Å². The summed E-state index contributed by atoms with van der Waals surface area (Å²) in [6, 6.07) is 10.8. The zero-order valence-electron chi connectivity index (χ0n) is 27.6. The first-order valence-corrected chi connectivity index (χ1v) is 18.8. The Kier molecular flexibility index (Phi) is 15.2. The summed E-state index contributed by atoms with van der Waals surface area (Å²) in [5.41, 5.74) is 1.83. The summed E-state index contributed by atoms with van der Waals surface area (Å²) in [5, 5.41) is 0. The van der Waals surface area contributed by atoms with Crippen LogP contribution in [-0.4, -0.2) is 116 Å². The van der Waals surface area contributed by atoms with Gasteiger partial charge in [0.2, 0.25) is 31.9 Å². The molecule has 0 aromatic heterocycles. The fourth-order valence-electron chi connectivity index (χ4n) is 4.79. The quantitative estimate of drug-likeness (QED) is 0.378. The smallest absolute Gasteiger partial charge is 0.241 e. The lowest BCUT2D eigenvalue weighted by atomic mass is 10.2. The van der Waals surface area contributed by atoms with Gasteiger partial charge < -0.3 is 24.0 Å². The van der Waals surface area contributed by atoms with Crippen molar-refractivity contribution in [3.8, 4) is 0 Å². The molecule has 0 saturated carbocycles. The van der Waals surface area contributed by atoms with E-state index in [0.29, 0.717) is 0 Å². The molecule has 3 rings (SSSR count). The van der Waals surface area contributed by atoms with Crippen molar-refractivity contribution in [1.29, 1.82) is 0 Å². The van der Waals surface area contributed by atoms with E-state index in [9.17, 15) is 26.4 Å². The molecule has 1 aliphatic heterocycles. The Hall–Kier alpha value is -2.92. The lowest BCUT2D eigenvalue weighted by Gasteiger charge is -2.28. The fraction of sp³-hybridized carbons (Fsp3) is 0.562. The Morgan fingerprint density at radius 1 is 0.596 bits per heavy atom. The molecule has 0 bridgehead atoms. The number of sulfonamides is 2. The van der Waals surface area contributed by atoms with Crippen LogP contribution in [0.2, 0.25) is 0 Å². The van der Waals surface area contributed by atoms with E-state index >= 15 is 0 Å². The molecule has 0 spiro atoms. The van der Waals surface area contributed by atoms with E-state index in [2.05, 4.69) is 9.44 Å². The molecule has 1 heterocycles. The SMILES string of the molecule is CC[C@@H](NS(=O)(=O)c1ccc(C)cc1)C(=O)N1CCOCCOCCN(C(=O)[C@@H](CC)NS(=O)(=O)c2ccc(C)cc2)CCOCC1. The number of rotatable bonds is 10. The average Bonchev–Trinajstić information content (AvgIpc) is 3.05. The molecule has 2 aromatic carbocycles. The third kappa shape index (κ3) is 11.9. The largest absolute Gasteiger partial charge is 0.378 e. The Balaban J connectivity index is 1.64. The summed E-state index contributed by atoms with van der Waals surface area (Å²) in [6.07, 6.45) is 0.471. The van der Waals surface area contributed by atoms with Gasteiger partial charge in [0.25, 0.3) is 0 Å². The van der Waals surface area contributed by atoms with Gasteiger partial charge in [0.15, 0.2) is 0 Å². The molecular formula is C32H48N4O9S2. The van der Waals surface area contributed by atoms with Crippen molar-refractivity contribution in [2.45, 2.75) is 62.4 Å². The molecule has 0 radical (unpaired) electrons. The van der Waals surface area contributed by atoms with E-state index in [4.69, 9.17) is 14.2 Å². The van der Waals surface area contributed by atoms with Crippen LogP contribution >= 0.6 is 0 Å². The van der Waals surface area contributed by atoms with Gasteiger partial charge in [-0.3, -0.25) is 9.59 Å². The molecule has 15 heteroatoms. The predicted molar refractivity (Wildman–Crippen MR) is 177 cm³/mol. The van der Waals surface area contributed by atoms with Gasteiger partial charge in [0.05, 0.1) is 49.4 Å². The minimum absolute atomic E-state index is 0.0745. The molecule has 2 atom stereocenters. The summed E-state index contributed by atoms with van der Waals surface area (Å²) in [6.45, 7) is 9.12. The molecule has 0 unspecified atom stereocenters. The third-order valence-corrected chi connectivity index (χ3v) is 10.7. The summed E-state index contributed by atoms with van der Waals surface area (Å²) in [7, 11) is -7.87. The second-order valence-corrected chi connectivity index (χ2v) is 14.7. The maximum atomic E-state index is 13.5. The average molecular weight is 697 g/mol. The minimum Gasteiger partial charge on any atom is -0.378 e. The molecule has 47 heavy (non-hydrogen) atoms. The number of ether oxygens (including phenoxy) is 3. The molecule has 0 aliphatic carbocycles. The summed E-state index contributed by atoms with van der Waals surface area (Å²) in [4.78, 5) is 30.2. The van der Waals surface area contributed by atoms with Gasteiger partial charge in [-0.15, -0.1) is 0 Å². The zero-order chi connectivity index (χ0) is 34.5. The lowest BCUT2D eigenvalue weighted by Crippen LogP contribution is -2.50. The molecule has 1 saturated heterocycles. The molecular weight excluding hydrogens is 649 g/mol. The molecule has 13 nitrogen and oxygen atoms in total. The van der Waals surface area contributed by atoms with Gasteiger partial charge in [-0.2, -0.15) is 9.44 Å². The Bertz CT molecular complexity index is 1390. The minimum atomic E-state index is -3.93. The highest BCUT2D eigenvalue weighted by Crippen LogP contribution is 2.14. The second kappa shape index (κ2) is 18.6. The maximum Gasteiger partial charge on any atom is 0.241 e. The van der Waals surface area contributed by atoms with E-state index < -0.39 is 43.9 Å². The summed E-state index contributed by atoms with van der Waals surface area (Å²) < 4.78 is 74.3. The topological polar surface area (TPSA) is 161 Å². The van der Waals surface area contributed by atoms with E-state index in [1.807, 2.05) is 13.8 Å². The standard InChI is InChI=1S/C32H48N4O9S2/c1-5-29(33-46(39,40)27-11-7-25(3)8-12-27)31(37)35-15-19-43-20-16-36(18-22-45-24-23-44-21-17-35)32(38)30(6-2)34-47(41,42)28-13-9-26(4)10-14-28/h7-14,29-30,33-34H,5-6,15-24H2,1-4H3/t29-,30-/m1/s1. The first-order chi connectivity index (χ1) is 22.4. The number of hydrogen-bond donors (Lipinski definition) is 2. The van der Waals surface area contributed by atoms with Gasteiger partial charge in [-0.25, -0.2) is 16.8 Å². The van der Waals surface area contributed by atoms with Crippen molar-refractivity contribution in [2.24, 2.45) is 0 Å². The van der Waals surface area contributed by atoms with Crippen molar-refractivity contribution < 1.29 is 40.6 Å². The van der Waals surface area contributed by atoms with Crippen LogP contribution in [0.1, 0.15) is 37.8 Å². The normalized spacial score (nSPS) is 17.7. The maximum absolute atomic E-state index is 13.5. The van der Waals surface area contributed by atoms with E-state index in [-0.39, 0.29) is 88.5 Å². The van der Waals surface area contributed by atoms with Crippen LogP contribution in [0.25, 0.3) is 0 Å². The zero-order valence-corrected chi connectivity index (χ0v) is 29.3. The fourth-order valence-corrected chi connectivity index (χ4v) is 7.34. The third-order valence-electron chi connectivity index (χ3n) is 7.69. The Morgan fingerprint density at radius 2 is 0.894 bits per heavy atom. The van der Waals surface area contributed by atoms with Gasteiger partial charge in [0.1, 0.15) is 12.1 Å². The van der Waals surface area contributed by atoms with Crippen molar-refractivity contribution in [3.63, 3.8) is 0 Å². The number of aryl methyl sites for hydroxylation is 2. The number of benzene rings is 2. The van der Waals surface area contributed by atoms with Gasteiger partial charge in [0, 0.05) is 26.2 Å². The Labute approximate surface area is 279 Å². The van der Waals surface area contributed by atoms with E-state index in [1.54, 1.807) is 38.1 Å². The molecule has 1 fully saturated rings. The number of nitrogens with zero attached hydrogens (tertiary/aromatic N) is 2. The highest BCUT2D eigenvalue weighted by Gasteiger charge is 2.30. The van der Waals surface area contributed by atoms with Crippen molar-refractivity contribution in [3.05, 3.63) is 59.7 Å². The van der Waals surface area contributed by atoms with Crippen LogP contribution in [0.4, 0.5) is 0 Å². The van der Waals surface area contributed by atoms with Crippen molar-refractivity contribution >= 4 is 31.9 Å². The number of carbonyl (C=O) groups is 2. The number of hydrogen-bond acceptors (Lipinski definition) is 9. The number of amides is 2. The van der Waals surface area contributed by atoms with E-state index in [1.165, 1.54) is 34.1 Å². The molecule has 2 N–H and O–H groups in total. The summed E-state index contributed by atoms with van der Waals surface area (Å²) in [5.74, 6) is -0.807. The second-order valence-electron chi connectivity index (χ2n) is 11.3. The van der Waals surface area contributed by atoms with Gasteiger partial charge >= 0.3 is 0 Å². The number of carbonyl (C=O) groups excluding carboxylic acids is 2. The van der Waals surface area contributed by atoms with E-state index in [0.717, 1.165) is 11.1 Å². The molecule has 2 amide bonds.